The van der Waals surface area contributed by atoms with Gasteiger partial charge in [0.15, 0.2) is 0 Å². The summed E-state index contributed by atoms with van der Waals surface area (Å²) < 4.78 is 32.5. The number of nitrogens with one attached hydrogen (secondary N) is 1. The second-order valence-corrected chi connectivity index (χ2v) is 9.04. The van der Waals surface area contributed by atoms with Crippen molar-refractivity contribution in [3.8, 4) is 5.75 Å². The van der Waals surface area contributed by atoms with Crippen LogP contribution in [0, 0.1) is 12.8 Å². The number of benzene rings is 2. The van der Waals surface area contributed by atoms with E-state index in [9.17, 15) is 13.2 Å². The van der Waals surface area contributed by atoms with Crippen LogP contribution in [0.5, 0.6) is 5.75 Å². The number of carbonyl (C=O) groups excluding carboxylic acids is 1. The second-order valence-electron chi connectivity index (χ2n) is 7.10. The van der Waals surface area contributed by atoms with Crippen molar-refractivity contribution in [2.45, 2.75) is 24.7 Å². The minimum absolute atomic E-state index is 0.0860. The lowest BCUT2D eigenvalue weighted by molar-refractivity contribution is -0.120. The standard InChI is InChI=1S/C22H26N2O4S/c1-3-16-28-20-8-6-19(7-9-20)23-22(25)18-12-14-24(15-13-18)29(26,27)21-10-4-17(2)5-11-21/h3-11,18H,1,12-16H2,2H3,(H,23,25). The van der Waals surface area contributed by atoms with E-state index in [0.29, 0.717) is 48.9 Å². The molecule has 1 fully saturated rings. The lowest BCUT2D eigenvalue weighted by Crippen LogP contribution is -2.41. The average Bonchev–Trinajstić information content (AvgIpc) is 2.73. The van der Waals surface area contributed by atoms with Crippen LogP contribution in [0.3, 0.4) is 0 Å². The molecule has 0 atom stereocenters. The van der Waals surface area contributed by atoms with Crippen molar-refractivity contribution in [2.75, 3.05) is 25.0 Å². The summed E-state index contributed by atoms with van der Waals surface area (Å²) in [7, 11) is -3.52. The van der Waals surface area contributed by atoms with Crippen molar-refractivity contribution in [1.82, 2.24) is 4.31 Å². The van der Waals surface area contributed by atoms with E-state index in [-0.39, 0.29) is 11.8 Å². The Morgan fingerprint density at radius 1 is 1.14 bits per heavy atom. The summed E-state index contributed by atoms with van der Waals surface area (Å²) in [6.07, 6.45) is 2.66. The maximum Gasteiger partial charge on any atom is 0.243 e. The summed E-state index contributed by atoms with van der Waals surface area (Å²) in [6.45, 7) is 6.62. The minimum atomic E-state index is -3.52. The topological polar surface area (TPSA) is 75.7 Å². The molecular weight excluding hydrogens is 388 g/mol. The number of rotatable bonds is 7. The smallest absolute Gasteiger partial charge is 0.243 e. The first-order valence-electron chi connectivity index (χ1n) is 9.61. The summed E-state index contributed by atoms with van der Waals surface area (Å²) >= 11 is 0. The number of sulfonamides is 1. The fraction of sp³-hybridized carbons (Fsp3) is 0.318. The molecule has 154 valence electrons. The van der Waals surface area contributed by atoms with E-state index >= 15 is 0 Å². The second kappa shape index (κ2) is 9.24. The normalized spacial score (nSPS) is 15.6. The van der Waals surface area contributed by atoms with Gasteiger partial charge in [0.1, 0.15) is 12.4 Å². The van der Waals surface area contributed by atoms with Crippen molar-refractivity contribution >= 4 is 21.6 Å². The Bertz CT molecular complexity index is 945. The summed E-state index contributed by atoms with van der Waals surface area (Å²) in [6, 6.07) is 14.0. The quantitative estimate of drug-likeness (QED) is 0.703. The highest BCUT2D eigenvalue weighted by molar-refractivity contribution is 7.89. The molecule has 6 nitrogen and oxygen atoms in total. The van der Waals surface area contributed by atoms with Gasteiger partial charge in [0.05, 0.1) is 4.90 Å². The lowest BCUT2D eigenvalue weighted by atomic mass is 9.97. The number of nitrogens with zero attached hydrogens (tertiary/aromatic N) is 1. The zero-order valence-corrected chi connectivity index (χ0v) is 17.3. The lowest BCUT2D eigenvalue weighted by Gasteiger charge is -2.30. The Labute approximate surface area is 172 Å². The summed E-state index contributed by atoms with van der Waals surface area (Å²) in [5.41, 5.74) is 1.70. The van der Waals surface area contributed by atoms with Gasteiger partial charge in [-0.3, -0.25) is 4.79 Å². The van der Waals surface area contributed by atoms with Gasteiger partial charge in [0.25, 0.3) is 0 Å². The molecule has 0 unspecified atom stereocenters. The maximum atomic E-state index is 12.8. The van der Waals surface area contributed by atoms with Gasteiger partial charge in [-0.25, -0.2) is 8.42 Å². The predicted molar refractivity (Wildman–Crippen MR) is 113 cm³/mol. The van der Waals surface area contributed by atoms with Gasteiger partial charge in [-0.2, -0.15) is 4.31 Å². The van der Waals surface area contributed by atoms with Crippen LogP contribution in [0.1, 0.15) is 18.4 Å². The molecule has 0 radical (unpaired) electrons. The van der Waals surface area contributed by atoms with Gasteiger partial charge >= 0.3 is 0 Å². The minimum Gasteiger partial charge on any atom is -0.490 e. The molecule has 0 bridgehead atoms. The third kappa shape index (κ3) is 5.25. The third-order valence-electron chi connectivity index (χ3n) is 4.97. The largest absolute Gasteiger partial charge is 0.490 e. The molecule has 0 aliphatic carbocycles. The van der Waals surface area contributed by atoms with Crippen molar-refractivity contribution in [1.29, 1.82) is 0 Å². The number of aryl methyl sites for hydroxylation is 1. The van der Waals surface area contributed by atoms with Crippen LogP contribution in [0.15, 0.2) is 66.1 Å². The van der Waals surface area contributed by atoms with Gasteiger partial charge in [-0.15, -0.1) is 0 Å². The molecule has 0 spiro atoms. The highest BCUT2D eigenvalue weighted by Crippen LogP contribution is 2.25. The van der Waals surface area contributed by atoms with E-state index < -0.39 is 10.0 Å². The zero-order chi connectivity index (χ0) is 20.9. The molecule has 0 saturated carbocycles. The Hall–Kier alpha value is -2.64. The third-order valence-corrected chi connectivity index (χ3v) is 6.89. The van der Waals surface area contributed by atoms with Crippen molar-refractivity contribution in [3.63, 3.8) is 0 Å². The number of hydrogen-bond donors (Lipinski definition) is 1. The monoisotopic (exact) mass is 414 g/mol. The first kappa shape index (κ1) is 21.1. The fourth-order valence-electron chi connectivity index (χ4n) is 3.25. The van der Waals surface area contributed by atoms with Gasteiger partial charge in [-0.1, -0.05) is 30.4 Å². The highest BCUT2D eigenvalue weighted by atomic mass is 32.2. The van der Waals surface area contributed by atoms with E-state index in [2.05, 4.69) is 11.9 Å². The Morgan fingerprint density at radius 3 is 2.34 bits per heavy atom. The maximum absolute atomic E-state index is 12.8. The molecule has 1 heterocycles. The number of hydrogen-bond acceptors (Lipinski definition) is 4. The van der Waals surface area contributed by atoms with Gasteiger partial charge in [0.2, 0.25) is 15.9 Å². The van der Waals surface area contributed by atoms with Gasteiger partial charge < -0.3 is 10.1 Å². The molecule has 1 N–H and O–H groups in total. The van der Waals surface area contributed by atoms with E-state index in [1.165, 1.54) is 4.31 Å². The van der Waals surface area contributed by atoms with Gasteiger partial charge in [0, 0.05) is 24.7 Å². The Balaban J connectivity index is 1.55. The molecule has 1 saturated heterocycles. The summed E-state index contributed by atoms with van der Waals surface area (Å²) in [5, 5.41) is 2.90. The Morgan fingerprint density at radius 2 is 1.76 bits per heavy atom. The predicted octanol–water partition coefficient (Wildman–Crippen LogP) is 3.60. The summed E-state index contributed by atoms with van der Waals surface area (Å²) in [5.74, 6) is 0.408. The molecule has 3 rings (SSSR count). The number of piperidine rings is 1. The fourth-order valence-corrected chi connectivity index (χ4v) is 4.72. The van der Waals surface area contributed by atoms with E-state index in [1.807, 2.05) is 6.92 Å². The van der Waals surface area contributed by atoms with Crippen LogP contribution in [0.4, 0.5) is 5.69 Å². The van der Waals surface area contributed by atoms with Crippen molar-refractivity contribution < 1.29 is 17.9 Å². The van der Waals surface area contributed by atoms with E-state index in [1.54, 1.807) is 54.6 Å². The molecule has 0 aromatic heterocycles. The van der Waals surface area contributed by atoms with Crippen LogP contribution in [-0.2, 0) is 14.8 Å². The first-order valence-corrected chi connectivity index (χ1v) is 11.1. The molecule has 2 aromatic rings. The summed E-state index contributed by atoms with van der Waals surface area (Å²) in [4.78, 5) is 12.9. The van der Waals surface area contributed by atoms with E-state index in [4.69, 9.17) is 4.74 Å². The van der Waals surface area contributed by atoms with Crippen LogP contribution < -0.4 is 10.1 Å². The highest BCUT2D eigenvalue weighted by Gasteiger charge is 2.32. The van der Waals surface area contributed by atoms with Crippen molar-refractivity contribution in [3.05, 3.63) is 66.7 Å². The van der Waals surface area contributed by atoms with Gasteiger partial charge in [-0.05, 0) is 56.2 Å². The molecular formula is C22H26N2O4S. The first-order chi connectivity index (χ1) is 13.9. The van der Waals surface area contributed by atoms with Crippen molar-refractivity contribution in [2.24, 2.45) is 5.92 Å². The van der Waals surface area contributed by atoms with Crippen LogP contribution >= 0.6 is 0 Å². The SMILES string of the molecule is C=CCOc1ccc(NC(=O)C2CCN(S(=O)(=O)c3ccc(C)cc3)CC2)cc1. The molecule has 1 aliphatic rings. The number of carbonyl (C=O) groups is 1. The average molecular weight is 415 g/mol. The number of amides is 1. The van der Waals surface area contributed by atoms with Crippen LogP contribution in [-0.4, -0.2) is 38.3 Å². The molecule has 1 aliphatic heterocycles. The molecule has 2 aromatic carbocycles. The number of ether oxygens (including phenoxy) is 1. The van der Waals surface area contributed by atoms with E-state index in [0.717, 1.165) is 5.56 Å². The molecule has 7 heteroatoms. The Kier molecular flexibility index (Phi) is 6.71. The van der Waals surface area contributed by atoms with Crippen LogP contribution in [0.25, 0.3) is 0 Å². The zero-order valence-electron chi connectivity index (χ0n) is 16.5. The number of anilines is 1. The van der Waals surface area contributed by atoms with Crippen LogP contribution in [0.2, 0.25) is 0 Å². The molecule has 29 heavy (non-hydrogen) atoms. The molecule has 1 amide bonds.